The first-order valence-electron chi connectivity index (χ1n) is 10.1. The molecule has 1 saturated heterocycles. The molecular weight excluding hydrogens is 380 g/mol. The quantitative estimate of drug-likeness (QED) is 0.473. The van der Waals surface area contributed by atoms with Crippen LogP contribution in [0.3, 0.4) is 0 Å². The van der Waals surface area contributed by atoms with Gasteiger partial charge in [-0.05, 0) is 49.1 Å². The van der Waals surface area contributed by atoms with Crippen molar-refractivity contribution in [1.29, 1.82) is 0 Å². The Kier molecular flexibility index (Phi) is 5.93. The van der Waals surface area contributed by atoms with Gasteiger partial charge >= 0.3 is 5.97 Å². The Hall–Kier alpha value is -3.41. The van der Waals surface area contributed by atoms with Crippen LogP contribution in [0.2, 0.25) is 0 Å². The van der Waals surface area contributed by atoms with Crippen molar-refractivity contribution in [2.75, 3.05) is 19.7 Å². The molecule has 0 saturated carbocycles. The number of likely N-dealkylation sites (tertiary alicyclic amines) is 1. The van der Waals surface area contributed by atoms with E-state index in [1.165, 1.54) is 6.08 Å². The van der Waals surface area contributed by atoms with E-state index in [4.69, 9.17) is 9.15 Å². The van der Waals surface area contributed by atoms with E-state index in [-0.39, 0.29) is 18.4 Å². The van der Waals surface area contributed by atoms with Crippen molar-refractivity contribution in [3.05, 3.63) is 71.6 Å². The lowest BCUT2D eigenvalue weighted by atomic mass is 9.97. The van der Waals surface area contributed by atoms with E-state index in [1.807, 2.05) is 55.5 Å². The van der Waals surface area contributed by atoms with Gasteiger partial charge in [-0.3, -0.25) is 4.79 Å². The fourth-order valence-electron chi connectivity index (χ4n) is 3.64. The van der Waals surface area contributed by atoms with Gasteiger partial charge in [0.2, 0.25) is 0 Å². The van der Waals surface area contributed by atoms with E-state index in [1.54, 1.807) is 11.0 Å². The zero-order chi connectivity index (χ0) is 20.9. The Morgan fingerprint density at radius 1 is 1.13 bits per heavy atom. The third kappa shape index (κ3) is 4.59. The van der Waals surface area contributed by atoms with Gasteiger partial charge in [-0.15, -0.1) is 0 Å². The fraction of sp³-hybridized carbons (Fsp3) is 0.292. The van der Waals surface area contributed by atoms with Crippen molar-refractivity contribution in [2.45, 2.75) is 25.7 Å². The first kappa shape index (κ1) is 19.9. The lowest BCUT2D eigenvalue weighted by molar-refractivity contribution is -0.148. The normalized spacial score (nSPS) is 15.0. The zero-order valence-electron chi connectivity index (χ0n) is 16.9. The minimum Gasteiger partial charge on any atom is -0.452 e. The molecule has 1 aromatic heterocycles. The standard InChI is InChI=1S/C24H24N2O4/c1-17-6-2-3-7-18(17)10-11-23(28)29-16-22(27)26-14-12-19(13-15-26)24-25-20-8-4-5-9-21(20)30-24/h2-11,19H,12-16H2,1H3/b11-10+. The predicted octanol–water partition coefficient (Wildman–Crippen LogP) is 4.10. The van der Waals surface area contributed by atoms with Gasteiger partial charge < -0.3 is 14.1 Å². The molecular formula is C24H24N2O4. The molecule has 0 spiro atoms. The van der Waals surface area contributed by atoms with Crippen LogP contribution >= 0.6 is 0 Å². The molecule has 3 aromatic rings. The molecule has 154 valence electrons. The Labute approximate surface area is 175 Å². The summed E-state index contributed by atoms with van der Waals surface area (Å²) in [6.45, 7) is 2.92. The Balaban J connectivity index is 1.25. The highest BCUT2D eigenvalue weighted by atomic mass is 16.5. The molecule has 6 nitrogen and oxygen atoms in total. The second-order valence-corrected chi connectivity index (χ2v) is 7.47. The first-order chi connectivity index (χ1) is 14.6. The average Bonchev–Trinajstić information content (AvgIpc) is 3.21. The summed E-state index contributed by atoms with van der Waals surface area (Å²) in [6.07, 6.45) is 4.61. The fourth-order valence-corrected chi connectivity index (χ4v) is 3.64. The number of piperidine rings is 1. The Bertz CT molecular complexity index is 1040. The molecule has 0 atom stereocenters. The van der Waals surface area contributed by atoms with Crippen molar-refractivity contribution in [3.8, 4) is 0 Å². The summed E-state index contributed by atoms with van der Waals surface area (Å²) in [5.41, 5.74) is 3.66. The number of aromatic nitrogens is 1. The molecule has 1 aliphatic heterocycles. The number of para-hydroxylation sites is 2. The van der Waals surface area contributed by atoms with E-state index in [9.17, 15) is 9.59 Å². The smallest absolute Gasteiger partial charge is 0.331 e. The molecule has 1 fully saturated rings. The van der Waals surface area contributed by atoms with Crippen LogP contribution in [0.1, 0.15) is 35.8 Å². The largest absolute Gasteiger partial charge is 0.452 e. The number of carbonyl (C=O) groups excluding carboxylic acids is 2. The lowest BCUT2D eigenvalue weighted by Gasteiger charge is -2.30. The molecule has 0 bridgehead atoms. The summed E-state index contributed by atoms with van der Waals surface area (Å²) in [7, 11) is 0. The summed E-state index contributed by atoms with van der Waals surface area (Å²) >= 11 is 0. The SMILES string of the molecule is Cc1ccccc1/C=C/C(=O)OCC(=O)N1CCC(c2nc3ccccc3o2)CC1. The van der Waals surface area contributed by atoms with Crippen LogP contribution in [0.15, 0.2) is 59.0 Å². The van der Waals surface area contributed by atoms with E-state index in [0.717, 1.165) is 41.0 Å². The maximum atomic E-state index is 12.4. The van der Waals surface area contributed by atoms with E-state index in [2.05, 4.69) is 4.98 Å². The number of ether oxygens (including phenoxy) is 1. The van der Waals surface area contributed by atoms with Gasteiger partial charge in [0.25, 0.3) is 5.91 Å². The third-order valence-corrected chi connectivity index (χ3v) is 5.43. The van der Waals surface area contributed by atoms with E-state index in [0.29, 0.717) is 13.1 Å². The van der Waals surface area contributed by atoms with Crippen LogP contribution in [-0.2, 0) is 14.3 Å². The number of amides is 1. The van der Waals surface area contributed by atoms with Crippen molar-refractivity contribution in [3.63, 3.8) is 0 Å². The van der Waals surface area contributed by atoms with E-state index >= 15 is 0 Å². The van der Waals surface area contributed by atoms with Gasteiger partial charge in [0.1, 0.15) is 5.52 Å². The number of oxazole rings is 1. The van der Waals surface area contributed by atoms with Crippen LogP contribution in [0.25, 0.3) is 17.2 Å². The van der Waals surface area contributed by atoms with Crippen molar-refractivity contribution in [2.24, 2.45) is 0 Å². The summed E-state index contributed by atoms with van der Waals surface area (Å²) in [6, 6.07) is 15.5. The van der Waals surface area contributed by atoms with E-state index < -0.39 is 5.97 Å². The molecule has 0 radical (unpaired) electrons. The second kappa shape index (κ2) is 8.95. The number of benzene rings is 2. The molecule has 2 heterocycles. The summed E-state index contributed by atoms with van der Waals surface area (Å²) < 4.78 is 11.0. The number of esters is 1. The molecule has 6 heteroatoms. The summed E-state index contributed by atoms with van der Waals surface area (Å²) in [4.78, 5) is 30.6. The average molecular weight is 404 g/mol. The van der Waals surface area contributed by atoms with Gasteiger partial charge in [0.15, 0.2) is 18.1 Å². The highest BCUT2D eigenvalue weighted by Gasteiger charge is 2.27. The summed E-state index contributed by atoms with van der Waals surface area (Å²) in [5, 5.41) is 0. The number of nitrogens with zero attached hydrogens (tertiary/aromatic N) is 2. The minimum absolute atomic E-state index is 0.177. The minimum atomic E-state index is -0.520. The van der Waals surface area contributed by atoms with Crippen LogP contribution in [0, 0.1) is 6.92 Å². The molecule has 4 rings (SSSR count). The van der Waals surface area contributed by atoms with Crippen LogP contribution in [0.4, 0.5) is 0 Å². The second-order valence-electron chi connectivity index (χ2n) is 7.47. The monoisotopic (exact) mass is 404 g/mol. The Morgan fingerprint density at radius 2 is 1.87 bits per heavy atom. The number of fused-ring (bicyclic) bond motifs is 1. The van der Waals surface area contributed by atoms with Crippen molar-refractivity contribution in [1.82, 2.24) is 9.88 Å². The van der Waals surface area contributed by atoms with Crippen molar-refractivity contribution >= 4 is 29.1 Å². The Morgan fingerprint density at radius 3 is 2.63 bits per heavy atom. The van der Waals surface area contributed by atoms with Gasteiger partial charge in [-0.25, -0.2) is 9.78 Å². The zero-order valence-corrected chi connectivity index (χ0v) is 16.9. The van der Waals surface area contributed by atoms with Crippen LogP contribution in [-0.4, -0.2) is 41.5 Å². The first-order valence-corrected chi connectivity index (χ1v) is 10.1. The van der Waals surface area contributed by atoms with Crippen LogP contribution in [0.5, 0.6) is 0 Å². The van der Waals surface area contributed by atoms with Crippen molar-refractivity contribution < 1.29 is 18.7 Å². The van der Waals surface area contributed by atoms with Gasteiger partial charge in [-0.1, -0.05) is 36.4 Å². The number of hydrogen-bond donors (Lipinski definition) is 0. The van der Waals surface area contributed by atoms with Crippen LogP contribution < -0.4 is 0 Å². The highest BCUT2D eigenvalue weighted by molar-refractivity contribution is 5.89. The third-order valence-electron chi connectivity index (χ3n) is 5.43. The number of carbonyl (C=O) groups is 2. The molecule has 0 unspecified atom stereocenters. The molecule has 0 aliphatic carbocycles. The molecule has 2 aromatic carbocycles. The molecule has 0 N–H and O–H groups in total. The maximum Gasteiger partial charge on any atom is 0.331 e. The summed E-state index contributed by atoms with van der Waals surface area (Å²) in [5.74, 6) is 0.230. The lowest BCUT2D eigenvalue weighted by Crippen LogP contribution is -2.40. The highest BCUT2D eigenvalue weighted by Crippen LogP contribution is 2.29. The van der Waals surface area contributed by atoms with Gasteiger partial charge in [-0.2, -0.15) is 0 Å². The van der Waals surface area contributed by atoms with Gasteiger partial charge in [0.05, 0.1) is 0 Å². The maximum absolute atomic E-state index is 12.4. The molecule has 30 heavy (non-hydrogen) atoms. The molecule has 1 amide bonds. The number of aryl methyl sites for hydroxylation is 1. The number of rotatable bonds is 5. The van der Waals surface area contributed by atoms with Gasteiger partial charge in [0, 0.05) is 25.1 Å². The topological polar surface area (TPSA) is 72.6 Å². The number of hydrogen-bond acceptors (Lipinski definition) is 5. The molecule has 1 aliphatic rings. The predicted molar refractivity (Wildman–Crippen MR) is 114 cm³/mol.